The van der Waals surface area contributed by atoms with Crippen LogP contribution in [0.25, 0.3) is 10.1 Å². The second kappa shape index (κ2) is 5.96. The normalized spacial score (nSPS) is 12.7. The summed E-state index contributed by atoms with van der Waals surface area (Å²) in [6.45, 7) is 1.97. The van der Waals surface area contributed by atoms with E-state index in [1.807, 2.05) is 20.0 Å². The van der Waals surface area contributed by atoms with E-state index in [1.165, 1.54) is 15.6 Å². The molecule has 0 saturated heterocycles. The highest BCUT2D eigenvalue weighted by Gasteiger charge is 2.15. The van der Waals surface area contributed by atoms with E-state index in [2.05, 4.69) is 35.0 Å². The minimum Gasteiger partial charge on any atom is -0.313 e. The first-order valence-electron chi connectivity index (χ1n) is 7.07. The van der Waals surface area contributed by atoms with Gasteiger partial charge in [-0.25, -0.2) is 4.39 Å². The number of likely N-dealkylation sites (N-methyl/N-ethyl adjacent to an activating group) is 1. The molecule has 0 radical (unpaired) electrons. The van der Waals surface area contributed by atoms with Crippen LogP contribution >= 0.6 is 11.3 Å². The van der Waals surface area contributed by atoms with Crippen LogP contribution in [0.4, 0.5) is 4.39 Å². The first-order chi connectivity index (χ1) is 10.2. The topological polar surface area (TPSA) is 12.0 Å². The van der Waals surface area contributed by atoms with Crippen LogP contribution < -0.4 is 5.32 Å². The summed E-state index contributed by atoms with van der Waals surface area (Å²) in [7, 11) is 1.96. The molecular formula is C18H18FNS. The average Bonchev–Trinajstić information content (AvgIpc) is 2.89. The van der Waals surface area contributed by atoms with E-state index in [0.29, 0.717) is 0 Å². The fraction of sp³-hybridized carbons (Fsp3) is 0.222. The van der Waals surface area contributed by atoms with Crippen LogP contribution in [-0.4, -0.2) is 7.05 Å². The first-order valence-corrected chi connectivity index (χ1v) is 7.95. The Morgan fingerprint density at radius 2 is 2.00 bits per heavy atom. The van der Waals surface area contributed by atoms with Crippen molar-refractivity contribution < 1.29 is 4.39 Å². The average molecular weight is 299 g/mol. The lowest BCUT2D eigenvalue weighted by Gasteiger charge is -2.19. The number of hydrogen-bond acceptors (Lipinski definition) is 2. The molecule has 1 nitrogen and oxygen atoms in total. The van der Waals surface area contributed by atoms with Crippen LogP contribution in [0.3, 0.4) is 0 Å². The SMILES string of the molecule is CNC(Cc1csc2ccccc12)c1ccc(F)cc1C. The Morgan fingerprint density at radius 3 is 2.76 bits per heavy atom. The van der Waals surface area contributed by atoms with Crippen molar-refractivity contribution in [2.75, 3.05) is 7.05 Å². The molecule has 2 aromatic carbocycles. The van der Waals surface area contributed by atoms with E-state index in [4.69, 9.17) is 0 Å². The molecule has 0 aliphatic heterocycles. The highest BCUT2D eigenvalue weighted by atomic mass is 32.1. The smallest absolute Gasteiger partial charge is 0.123 e. The van der Waals surface area contributed by atoms with Crippen LogP contribution in [0.5, 0.6) is 0 Å². The van der Waals surface area contributed by atoms with Gasteiger partial charge in [0.05, 0.1) is 0 Å². The van der Waals surface area contributed by atoms with Gasteiger partial charge >= 0.3 is 0 Å². The third-order valence-electron chi connectivity index (χ3n) is 3.94. The van der Waals surface area contributed by atoms with E-state index < -0.39 is 0 Å². The predicted molar refractivity (Wildman–Crippen MR) is 88.5 cm³/mol. The molecule has 1 N–H and O–H groups in total. The largest absolute Gasteiger partial charge is 0.313 e. The van der Waals surface area contributed by atoms with Crippen molar-refractivity contribution in [3.8, 4) is 0 Å². The molecule has 0 aliphatic rings. The Bertz CT molecular complexity index is 763. The summed E-state index contributed by atoms with van der Waals surface area (Å²) in [5.74, 6) is -0.174. The van der Waals surface area contributed by atoms with Crippen molar-refractivity contribution in [2.45, 2.75) is 19.4 Å². The molecule has 0 fully saturated rings. The summed E-state index contributed by atoms with van der Waals surface area (Å²) in [5.41, 5.74) is 3.50. The maximum absolute atomic E-state index is 13.3. The van der Waals surface area contributed by atoms with E-state index in [9.17, 15) is 4.39 Å². The third-order valence-corrected chi connectivity index (χ3v) is 4.95. The number of nitrogens with one attached hydrogen (secondary N) is 1. The molecule has 0 aliphatic carbocycles. The van der Waals surface area contributed by atoms with Gasteiger partial charge in [-0.05, 0) is 66.0 Å². The molecule has 3 rings (SSSR count). The molecule has 1 aromatic heterocycles. The zero-order valence-corrected chi connectivity index (χ0v) is 13.0. The summed E-state index contributed by atoms with van der Waals surface area (Å²) in [6, 6.07) is 13.7. The maximum Gasteiger partial charge on any atom is 0.123 e. The number of halogens is 1. The third kappa shape index (κ3) is 2.85. The van der Waals surface area contributed by atoms with Gasteiger partial charge in [-0.1, -0.05) is 24.3 Å². The van der Waals surface area contributed by atoms with Gasteiger partial charge < -0.3 is 5.32 Å². The van der Waals surface area contributed by atoms with Crippen molar-refractivity contribution in [3.05, 3.63) is 70.4 Å². The van der Waals surface area contributed by atoms with Gasteiger partial charge in [0, 0.05) is 10.7 Å². The molecular weight excluding hydrogens is 281 g/mol. The molecule has 3 aromatic rings. The Hall–Kier alpha value is -1.71. The number of benzene rings is 2. The van der Waals surface area contributed by atoms with Gasteiger partial charge in [0.15, 0.2) is 0 Å². The van der Waals surface area contributed by atoms with Gasteiger partial charge in [0.1, 0.15) is 5.82 Å². The molecule has 0 saturated carbocycles. The summed E-state index contributed by atoms with van der Waals surface area (Å²) in [6.07, 6.45) is 0.910. The van der Waals surface area contributed by atoms with Crippen LogP contribution in [0.1, 0.15) is 22.7 Å². The lowest BCUT2D eigenvalue weighted by atomic mass is 9.95. The highest BCUT2D eigenvalue weighted by Crippen LogP contribution is 2.30. The molecule has 21 heavy (non-hydrogen) atoms. The molecule has 0 amide bonds. The Labute approximate surface area is 128 Å². The lowest BCUT2D eigenvalue weighted by Crippen LogP contribution is -2.19. The molecule has 0 spiro atoms. The van der Waals surface area contributed by atoms with Crippen LogP contribution in [0.2, 0.25) is 0 Å². The second-order valence-electron chi connectivity index (χ2n) is 5.30. The first kappa shape index (κ1) is 14.2. The predicted octanol–water partition coefficient (Wildman–Crippen LogP) is 4.85. The lowest BCUT2D eigenvalue weighted by molar-refractivity contribution is 0.584. The Morgan fingerprint density at radius 1 is 1.19 bits per heavy atom. The second-order valence-corrected chi connectivity index (χ2v) is 6.21. The van der Waals surface area contributed by atoms with Crippen molar-refractivity contribution in [2.24, 2.45) is 0 Å². The minimum absolute atomic E-state index is 0.174. The number of fused-ring (bicyclic) bond motifs is 1. The van der Waals surface area contributed by atoms with Crippen LogP contribution in [0.15, 0.2) is 47.8 Å². The quantitative estimate of drug-likeness (QED) is 0.726. The van der Waals surface area contributed by atoms with Crippen molar-refractivity contribution in [3.63, 3.8) is 0 Å². The van der Waals surface area contributed by atoms with Gasteiger partial charge in [-0.15, -0.1) is 11.3 Å². The minimum atomic E-state index is -0.174. The number of thiophene rings is 1. The Balaban J connectivity index is 1.94. The molecule has 3 heteroatoms. The fourth-order valence-electron chi connectivity index (χ4n) is 2.81. The summed E-state index contributed by atoms with van der Waals surface area (Å²) in [4.78, 5) is 0. The van der Waals surface area contributed by atoms with E-state index in [-0.39, 0.29) is 11.9 Å². The maximum atomic E-state index is 13.3. The summed E-state index contributed by atoms with van der Waals surface area (Å²) < 4.78 is 14.6. The van der Waals surface area contributed by atoms with Gasteiger partial charge in [-0.2, -0.15) is 0 Å². The fourth-order valence-corrected chi connectivity index (χ4v) is 3.78. The van der Waals surface area contributed by atoms with Gasteiger partial charge in [0.25, 0.3) is 0 Å². The molecule has 0 bridgehead atoms. The summed E-state index contributed by atoms with van der Waals surface area (Å²) in [5, 5.41) is 6.92. The van der Waals surface area contributed by atoms with Crippen LogP contribution in [-0.2, 0) is 6.42 Å². The Kier molecular flexibility index (Phi) is 4.04. The zero-order valence-electron chi connectivity index (χ0n) is 12.2. The molecule has 108 valence electrons. The van der Waals surface area contributed by atoms with Crippen molar-refractivity contribution in [1.82, 2.24) is 5.32 Å². The molecule has 1 atom stereocenters. The van der Waals surface area contributed by atoms with Gasteiger partial charge in [-0.3, -0.25) is 0 Å². The van der Waals surface area contributed by atoms with Crippen molar-refractivity contribution in [1.29, 1.82) is 0 Å². The number of aryl methyl sites for hydroxylation is 1. The number of rotatable bonds is 4. The zero-order chi connectivity index (χ0) is 14.8. The van der Waals surface area contributed by atoms with Gasteiger partial charge in [0.2, 0.25) is 0 Å². The molecule has 1 unspecified atom stereocenters. The van der Waals surface area contributed by atoms with Crippen LogP contribution in [0, 0.1) is 12.7 Å². The summed E-state index contributed by atoms with van der Waals surface area (Å²) >= 11 is 1.78. The van der Waals surface area contributed by atoms with E-state index in [1.54, 1.807) is 23.5 Å². The molecule has 1 heterocycles. The van der Waals surface area contributed by atoms with E-state index >= 15 is 0 Å². The monoisotopic (exact) mass is 299 g/mol. The highest BCUT2D eigenvalue weighted by molar-refractivity contribution is 7.17. The number of hydrogen-bond donors (Lipinski definition) is 1. The van der Waals surface area contributed by atoms with E-state index in [0.717, 1.165) is 17.5 Å². The standard InChI is InChI=1S/C18H18FNS/c1-12-9-14(19)7-8-15(12)17(20-2)10-13-11-21-18-6-4-3-5-16(13)18/h3-9,11,17,20H,10H2,1-2H3. The van der Waals surface area contributed by atoms with Crippen molar-refractivity contribution >= 4 is 21.4 Å².